The van der Waals surface area contributed by atoms with Crippen LogP contribution in [0.5, 0.6) is 0 Å². The lowest BCUT2D eigenvalue weighted by Crippen LogP contribution is -2.61. The first-order chi connectivity index (χ1) is 27.4. The Bertz CT molecular complexity index is 2420. The molecule has 1 spiro atoms. The van der Waals surface area contributed by atoms with Gasteiger partial charge in [-0.3, -0.25) is 14.8 Å². The molecule has 12 heteroatoms. The van der Waals surface area contributed by atoms with Gasteiger partial charge in [-0.15, -0.1) is 0 Å². The summed E-state index contributed by atoms with van der Waals surface area (Å²) in [6, 6.07) is 15.9. The summed E-state index contributed by atoms with van der Waals surface area (Å²) in [5, 5.41) is 22.4. The first kappa shape index (κ1) is 36.7. The van der Waals surface area contributed by atoms with Crippen LogP contribution >= 0.6 is 11.3 Å². The van der Waals surface area contributed by atoms with Crippen LogP contribution in [0.15, 0.2) is 54.7 Å². The molecular formula is C45H51N7O4S. The fraction of sp³-hybridized carbons (Fsp3) is 0.489. The van der Waals surface area contributed by atoms with Gasteiger partial charge in [-0.2, -0.15) is 5.10 Å². The summed E-state index contributed by atoms with van der Waals surface area (Å²) in [6.45, 7) is 7.35. The first-order valence-corrected chi connectivity index (χ1v) is 21.3. The van der Waals surface area contributed by atoms with E-state index in [-0.39, 0.29) is 22.6 Å². The van der Waals surface area contributed by atoms with Crippen LogP contribution in [0, 0.1) is 29.1 Å². The second-order valence-corrected chi connectivity index (χ2v) is 19.4. The van der Waals surface area contributed by atoms with Gasteiger partial charge in [0, 0.05) is 49.1 Å². The molecule has 0 saturated heterocycles. The lowest BCUT2D eigenvalue weighted by atomic mass is 9.43. The van der Waals surface area contributed by atoms with Crippen LogP contribution in [0.3, 0.4) is 0 Å². The Kier molecular flexibility index (Phi) is 8.49. The Morgan fingerprint density at radius 2 is 1.91 bits per heavy atom. The van der Waals surface area contributed by atoms with Crippen LogP contribution in [-0.4, -0.2) is 69.6 Å². The normalized spacial score (nSPS) is 28.1. The van der Waals surface area contributed by atoms with Gasteiger partial charge in [0.05, 0.1) is 22.0 Å². The van der Waals surface area contributed by atoms with Crippen LogP contribution < -0.4 is 15.5 Å². The minimum Gasteiger partial charge on any atom is -0.476 e. The van der Waals surface area contributed by atoms with Gasteiger partial charge in [0.2, 0.25) is 0 Å². The molecule has 5 aliphatic carbocycles. The summed E-state index contributed by atoms with van der Waals surface area (Å²) < 4.78 is 9.49. The Balaban J connectivity index is 0.931. The van der Waals surface area contributed by atoms with Crippen molar-refractivity contribution in [1.29, 1.82) is 0 Å². The van der Waals surface area contributed by atoms with Gasteiger partial charge in [-0.25, -0.2) is 14.8 Å². The van der Waals surface area contributed by atoms with Crippen molar-refractivity contribution in [2.45, 2.75) is 90.3 Å². The maximum atomic E-state index is 14.1. The van der Waals surface area contributed by atoms with E-state index in [4.69, 9.17) is 14.8 Å². The SMILES string of the molecule is CNCCCc1cc2c(c(C(=O)Nc3nc4ccccc4s3)c1)CN(c1ccc(-c3cnn(CC45CC6(C)CC(OC)(CC7(CC74)C6)C5)c3C)c(C(=O)O)n1)CC2. The number of carbonyl (C=O) groups excluding carboxylic acids is 1. The third-order valence-corrected chi connectivity index (χ3v) is 15.3. The number of hydrogen-bond acceptors (Lipinski definition) is 9. The van der Waals surface area contributed by atoms with Crippen LogP contribution in [0.25, 0.3) is 21.3 Å². The number of anilines is 2. The number of fused-ring (bicyclic) bond motifs is 2. The van der Waals surface area contributed by atoms with Crippen LogP contribution in [-0.2, 0) is 30.7 Å². The molecule has 11 rings (SSSR count). The van der Waals surface area contributed by atoms with Gasteiger partial charge in [0.1, 0.15) is 5.82 Å². The lowest BCUT2D eigenvalue weighted by molar-refractivity contribution is -0.215. The number of pyridine rings is 1. The van der Waals surface area contributed by atoms with E-state index in [1.54, 1.807) is 0 Å². The Labute approximate surface area is 337 Å². The summed E-state index contributed by atoms with van der Waals surface area (Å²) in [5.74, 6) is 0.0205. The molecule has 3 aromatic heterocycles. The van der Waals surface area contributed by atoms with Gasteiger partial charge in [-0.1, -0.05) is 36.5 Å². The number of aromatic nitrogens is 4. The predicted molar refractivity (Wildman–Crippen MR) is 222 cm³/mol. The Hall–Kier alpha value is -4.65. The third kappa shape index (κ3) is 6.09. The number of carboxylic acids is 1. The van der Waals surface area contributed by atoms with Gasteiger partial charge in [0.15, 0.2) is 10.8 Å². The van der Waals surface area contributed by atoms with Gasteiger partial charge in [-0.05, 0) is 147 Å². The van der Waals surface area contributed by atoms with Gasteiger partial charge in [0.25, 0.3) is 5.91 Å². The van der Waals surface area contributed by atoms with Crippen molar-refractivity contribution >= 4 is 44.4 Å². The predicted octanol–water partition coefficient (Wildman–Crippen LogP) is 7.90. The highest BCUT2D eigenvalue weighted by atomic mass is 32.1. The molecule has 5 saturated carbocycles. The number of aryl methyl sites for hydroxylation is 1. The molecule has 1 amide bonds. The minimum atomic E-state index is -1.07. The van der Waals surface area contributed by atoms with E-state index in [0.717, 1.165) is 76.9 Å². The molecule has 4 bridgehead atoms. The highest BCUT2D eigenvalue weighted by Crippen LogP contribution is 2.84. The molecular weight excluding hydrogens is 735 g/mol. The number of nitrogens with zero attached hydrogens (tertiary/aromatic N) is 5. The van der Waals surface area contributed by atoms with Crippen molar-refractivity contribution in [3.05, 3.63) is 88.4 Å². The van der Waals surface area contributed by atoms with Crippen LogP contribution in [0.4, 0.5) is 10.9 Å². The molecule has 5 fully saturated rings. The molecule has 3 N–H and O–H groups in total. The van der Waals surface area contributed by atoms with E-state index in [1.165, 1.54) is 37.0 Å². The molecule has 2 aromatic carbocycles. The van der Waals surface area contributed by atoms with E-state index in [2.05, 4.69) is 45.1 Å². The molecule has 5 aromatic rings. The van der Waals surface area contributed by atoms with E-state index in [0.29, 0.717) is 58.3 Å². The minimum absolute atomic E-state index is 0.0106. The highest BCUT2D eigenvalue weighted by Gasteiger charge is 2.78. The number of benzene rings is 2. The molecule has 6 aliphatic rings. The zero-order valence-corrected chi connectivity index (χ0v) is 34.1. The summed E-state index contributed by atoms with van der Waals surface area (Å²) in [7, 11) is 3.86. The average Bonchev–Trinajstić information content (AvgIpc) is 3.56. The molecule has 4 heterocycles. The number of aromatic carboxylic acids is 1. The zero-order chi connectivity index (χ0) is 39.3. The van der Waals surface area contributed by atoms with Gasteiger partial charge >= 0.3 is 5.97 Å². The van der Waals surface area contributed by atoms with Crippen molar-refractivity contribution < 1.29 is 19.4 Å². The number of para-hydroxylation sites is 1. The highest BCUT2D eigenvalue weighted by molar-refractivity contribution is 7.22. The number of carboxylic acid groups (broad SMARTS) is 1. The van der Waals surface area contributed by atoms with E-state index < -0.39 is 5.97 Å². The maximum Gasteiger partial charge on any atom is 0.355 e. The van der Waals surface area contributed by atoms with Crippen LogP contribution in [0.2, 0.25) is 0 Å². The second kappa shape index (κ2) is 13.2. The smallest absolute Gasteiger partial charge is 0.355 e. The number of nitrogens with one attached hydrogen (secondary N) is 2. The molecule has 57 heavy (non-hydrogen) atoms. The maximum absolute atomic E-state index is 14.1. The van der Waals surface area contributed by atoms with Crippen molar-refractivity contribution in [2.75, 3.05) is 37.5 Å². The van der Waals surface area contributed by atoms with Crippen molar-refractivity contribution in [3.8, 4) is 11.1 Å². The molecule has 1 aliphatic heterocycles. The molecule has 5 atom stereocenters. The fourth-order valence-electron chi connectivity index (χ4n) is 12.6. The zero-order valence-electron chi connectivity index (χ0n) is 33.3. The number of ether oxygens (including phenoxy) is 1. The van der Waals surface area contributed by atoms with Crippen LogP contribution in [0.1, 0.15) is 95.1 Å². The van der Waals surface area contributed by atoms with E-state index in [9.17, 15) is 14.7 Å². The summed E-state index contributed by atoms with van der Waals surface area (Å²) >= 11 is 1.46. The standard InChI is InChI=1S/C45H51N7O4S/c1-27-32(19-47-52(27)26-44-22-42(2)21-43(18-36(43)44)24-45(23-42,25-44)56-4)30-11-12-37(49-38(30)40(54)55)51-15-13-29-16-28(8-7-14-46-3)17-31(33(29)20-51)39(53)50-41-48-34-9-5-6-10-35(34)57-41/h5-6,9-12,16-17,19,36,46H,7-8,13-15,18,20-26H2,1-4H3,(H,54,55)(H,48,50,53). The van der Waals surface area contributed by atoms with E-state index in [1.807, 2.05) is 62.8 Å². The number of thiazole rings is 1. The summed E-state index contributed by atoms with van der Waals surface area (Å²) in [4.78, 5) is 38.6. The van der Waals surface area contributed by atoms with Crippen molar-refractivity contribution in [1.82, 2.24) is 25.1 Å². The van der Waals surface area contributed by atoms with Crippen molar-refractivity contribution in [3.63, 3.8) is 0 Å². The quantitative estimate of drug-likeness (QED) is 0.108. The van der Waals surface area contributed by atoms with Crippen molar-refractivity contribution in [2.24, 2.45) is 22.2 Å². The Morgan fingerprint density at radius 1 is 1.05 bits per heavy atom. The largest absolute Gasteiger partial charge is 0.476 e. The summed E-state index contributed by atoms with van der Waals surface area (Å²) in [5.41, 5.74) is 7.86. The average molecular weight is 786 g/mol. The number of amides is 1. The number of methoxy groups -OCH3 is 1. The lowest BCUT2D eigenvalue weighted by Gasteiger charge is -2.65. The third-order valence-electron chi connectivity index (χ3n) is 14.3. The van der Waals surface area contributed by atoms with Gasteiger partial charge < -0.3 is 20.1 Å². The Morgan fingerprint density at radius 3 is 2.72 bits per heavy atom. The number of hydrogen-bond donors (Lipinski definition) is 3. The van der Waals surface area contributed by atoms with E-state index >= 15 is 0 Å². The second-order valence-electron chi connectivity index (χ2n) is 18.3. The molecule has 5 unspecified atom stereocenters. The molecule has 296 valence electrons. The number of carbonyl (C=O) groups is 2. The number of rotatable bonds is 12. The molecule has 0 radical (unpaired) electrons. The molecule has 11 nitrogen and oxygen atoms in total. The first-order valence-electron chi connectivity index (χ1n) is 20.5. The summed E-state index contributed by atoms with van der Waals surface area (Å²) in [6.07, 6.45) is 11.6. The topological polar surface area (TPSA) is 135 Å². The fourth-order valence-corrected chi connectivity index (χ4v) is 13.4. The monoisotopic (exact) mass is 785 g/mol.